The summed E-state index contributed by atoms with van der Waals surface area (Å²) in [5.41, 5.74) is 3.00. The summed E-state index contributed by atoms with van der Waals surface area (Å²) in [6, 6.07) is 15.9. The number of aromatic nitrogens is 3. The highest BCUT2D eigenvalue weighted by atomic mass is 16.3. The first-order valence-electron chi connectivity index (χ1n) is 10.2. The van der Waals surface area contributed by atoms with Crippen molar-refractivity contribution in [2.45, 2.75) is 19.4 Å². The van der Waals surface area contributed by atoms with Crippen molar-refractivity contribution in [3.63, 3.8) is 0 Å². The maximum Gasteiger partial charge on any atom is 0.161 e. The maximum atomic E-state index is 10.5. The van der Waals surface area contributed by atoms with E-state index in [1.807, 2.05) is 42.5 Å². The van der Waals surface area contributed by atoms with E-state index in [1.54, 1.807) is 12.4 Å². The van der Waals surface area contributed by atoms with Gasteiger partial charge in [-0.15, -0.1) is 0 Å². The van der Waals surface area contributed by atoms with Crippen LogP contribution in [0, 0.1) is 0 Å². The van der Waals surface area contributed by atoms with Crippen molar-refractivity contribution in [3.8, 4) is 11.4 Å². The summed E-state index contributed by atoms with van der Waals surface area (Å²) >= 11 is 0. The van der Waals surface area contributed by atoms with Gasteiger partial charge < -0.3 is 10.0 Å². The number of aliphatic hydroxyl groups is 1. The molecule has 1 aliphatic rings. The summed E-state index contributed by atoms with van der Waals surface area (Å²) in [4.78, 5) is 18.2. The number of benzene rings is 1. The molecule has 29 heavy (non-hydrogen) atoms. The van der Waals surface area contributed by atoms with E-state index in [1.165, 1.54) is 0 Å². The van der Waals surface area contributed by atoms with Gasteiger partial charge in [0.25, 0.3) is 0 Å². The van der Waals surface area contributed by atoms with E-state index in [0.29, 0.717) is 6.54 Å². The summed E-state index contributed by atoms with van der Waals surface area (Å²) in [6.07, 6.45) is 3.96. The average molecular weight is 390 g/mol. The van der Waals surface area contributed by atoms with Gasteiger partial charge in [-0.2, -0.15) is 0 Å². The topological polar surface area (TPSA) is 65.4 Å². The highest BCUT2D eigenvalue weighted by Gasteiger charge is 2.21. The summed E-state index contributed by atoms with van der Waals surface area (Å²) in [7, 11) is 0. The van der Waals surface area contributed by atoms with E-state index in [9.17, 15) is 5.11 Å². The van der Waals surface area contributed by atoms with Gasteiger partial charge in [-0.05, 0) is 24.1 Å². The van der Waals surface area contributed by atoms with Gasteiger partial charge in [-0.3, -0.25) is 9.88 Å². The van der Waals surface area contributed by atoms with E-state index in [0.717, 1.165) is 61.1 Å². The molecule has 150 valence electrons. The van der Waals surface area contributed by atoms with Gasteiger partial charge in [0.05, 0.1) is 6.10 Å². The molecule has 0 saturated carbocycles. The van der Waals surface area contributed by atoms with Crippen LogP contribution in [0.3, 0.4) is 0 Å². The molecule has 3 heterocycles. The van der Waals surface area contributed by atoms with E-state index in [-0.39, 0.29) is 0 Å². The summed E-state index contributed by atoms with van der Waals surface area (Å²) in [6.45, 7) is 6.35. The van der Waals surface area contributed by atoms with E-state index in [2.05, 4.69) is 27.8 Å². The molecule has 0 amide bonds. The van der Waals surface area contributed by atoms with Crippen molar-refractivity contribution in [2.75, 3.05) is 37.6 Å². The number of pyridine rings is 1. The zero-order chi connectivity index (χ0) is 20.1. The predicted molar refractivity (Wildman–Crippen MR) is 115 cm³/mol. The molecule has 1 fully saturated rings. The highest BCUT2D eigenvalue weighted by Crippen LogP contribution is 2.22. The van der Waals surface area contributed by atoms with Crippen molar-refractivity contribution >= 4 is 5.82 Å². The lowest BCUT2D eigenvalue weighted by atomic mass is 10.1. The minimum atomic E-state index is -0.452. The molecule has 1 atom stereocenters. The Morgan fingerprint density at radius 1 is 0.966 bits per heavy atom. The van der Waals surface area contributed by atoms with Crippen molar-refractivity contribution in [1.82, 2.24) is 19.9 Å². The Labute approximate surface area is 171 Å². The van der Waals surface area contributed by atoms with Crippen LogP contribution in [0.1, 0.15) is 24.3 Å². The molecule has 1 aliphatic heterocycles. The highest BCUT2D eigenvalue weighted by molar-refractivity contribution is 5.57. The number of aryl methyl sites for hydroxylation is 1. The van der Waals surface area contributed by atoms with Crippen LogP contribution < -0.4 is 4.90 Å². The standard InChI is InChI=1S/C23H27N5O/c1-2-20-16-22(26-23(25-20)19-8-10-24-11-9-19)28-14-12-27(13-15-28)17-21(29)18-6-4-3-5-7-18/h3-11,16,21,29H,2,12-15,17H2,1H3. The van der Waals surface area contributed by atoms with Crippen LogP contribution in [0.2, 0.25) is 0 Å². The number of hydrogen-bond donors (Lipinski definition) is 1. The van der Waals surface area contributed by atoms with Crippen LogP contribution in [0.15, 0.2) is 60.9 Å². The van der Waals surface area contributed by atoms with Gasteiger partial charge in [-0.25, -0.2) is 9.97 Å². The first kappa shape index (κ1) is 19.5. The molecule has 3 aromatic rings. The third-order valence-electron chi connectivity index (χ3n) is 5.38. The van der Waals surface area contributed by atoms with Crippen LogP contribution in [-0.2, 0) is 6.42 Å². The maximum absolute atomic E-state index is 10.5. The molecule has 0 bridgehead atoms. The van der Waals surface area contributed by atoms with Crippen LogP contribution in [0.4, 0.5) is 5.82 Å². The normalized spacial score (nSPS) is 16.0. The van der Waals surface area contributed by atoms with E-state index >= 15 is 0 Å². The zero-order valence-electron chi connectivity index (χ0n) is 16.8. The van der Waals surface area contributed by atoms with Gasteiger partial charge in [0.2, 0.25) is 0 Å². The van der Waals surface area contributed by atoms with Crippen molar-refractivity contribution in [3.05, 3.63) is 72.2 Å². The Morgan fingerprint density at radius 3 is 2.38 bits per heavy atom. The van der Waals surface area contributed by atoms with Crippen LogP contribution in [0.25, 0.3) is 11.4 Å². The number of piperazine rings is 1. The molecule has 1 aromatic carbocycles. The molecule has 1 saturated heterocycles. The monoisotopic (exact) mass is 389 g/mol. The van der Waals surface area contributed by atoms with Gasteiger partial charge >= 0.3 is 0 Å². The third-order valence-corrected chi connectivity index (χ3v) is 5.38. The van der Waals surface area contributed by atoms with Gasteiger partial charge in [-0.1, -0.05) is 37.3 Å². The fourth-order valence-electron chi connectivity index (χ4n) is 3.64. The first-order valence-corrected chi connectivity index (χ1v) is 10.2. The van der Waals surface area contributed by atoms with E-state index < -0.39 is 6.10 Å². The zero-order valence-corrected chi connectivity index (χ0v) is 16.8. The van der Waals surface area contributed by atoms with E-state index in [4.69, 9.17) is 9.97 Å². The van der Waals surface area contributed by atoms with Gasteiger partial charge in [0.1, 0.15) is 5.82 Å². The molecular formula is C23H27N5O. The van der Waals surface area contributed by atoms with Crippen LogP contribution in [0.5, 0.6) is 0 Å². The fraction of sp³-hybridized carbons (Fsp3) is 0.348. The summed E-state index contributed by atoms with van der Waals surface area (Å²) < 4.78 is 0. The number of hydrogen-bond acceptors (Lipinski definition) is 6. The number of nitrogens with zero attached hydrogens (tertiary/aromatic N) is 5. The number of rotatable bonds is 6. The lowest BCUT2D eigenvalue weighted by Gasteiger charge is -2.36. The van der Waals surface area contributed by atoms with Crippen molar-refractivity contribution in [1.29, 1.82) is 0 Å². The minimum absolute atomic E-state index is 0.452. The van der Waals surface area contributed by atoms with Crippen molar-refractivity contribution < 1.29 is 5.11 Å². The lowest BCUT2D eigenvalue weighted by molar-refractivity contribution is 0.109. The molecule has 4 rings (SSSR count). The average Bonchev–Trinajstić information content (AvgIpc) is 2.80. The first-order chi connectivity index (χ1) is 14.2. The predicted octanol–water partition coefficient (Wildman–Crippen LogP) is 2.96. The lowest BCUT2D eigenvalue weighted by Crippen LogP contribution is -2.47. The summed E-state index contributed by atoms with van der Waals surface area (Å²) in [5, 5.41) is 10.5. The van der Waals surface area contributed by atoms with Crippen LogP contribution >= 0.6 is 0 Å². The fourth-order valence-corrected chi connectivity index (χ4v) is 3.64. The Morgan fingerprint density at radius 2 is 1.69 bits per heavy atom. The molecule has 1 N–H and O–H groups in total. The SMILES string of the molecule is CCc1cc(N2CCN(CC(O)c3ccccc3)CC2)nc(-c2ccncc2)n1. The quantitative estimate of drug-likeness (QED) is 0.699. The Kier molecular flexibility index (Phi) is 6.12. The van der Waals surface area contributed by atoms with Crippen molar-refractivity contribution in [2.24, 2.45) is 0 Å². The molecular weight excluding hydrogens is 362 g/mol. The molecule has 0 spiro atoms. The minimum Gasteiger partial charge on any atom is -0.387 e. The van der Waals surface area contributed by atoms with Gasteiger partial charge in [0, 0.05) is 62.4 Å². The second-order valence-electron chi connectivity index (χ2n) is 7.34. The Balaban J connectivity index is 1.43. The molecule has 0 radical (unpaired) electrons. The molecule has 6 nitrogen and oxygen atoms in total. The number of β-amino-alcohol motifs (C(OH)–C–C–N with tert-alkyl or cyclic N) is 1. The third kappa shape index (κ3) is 4.78. The Bertz CT molecular complexity index is 911. The number of anilines is 1. The largest absolute Gasteiger partial charge is 0.387 e. The second kappa shape index (κ2) is 9.11. The molecule has 1 unspecified atom stereocenters. The second-order valence-corrected chi connectivity index (χ2v) is 7.34. The summed E-state index contributed by atoms with van der Waals surface area (Å²) in [5.74, 6) is 1.73. The molecule has 0 aliphatic carbocycles. The Hall–Kier alpha value is -2.83. The number of aliphatic hydroxyl groups excluding tert-OH is 1. The molecule has 6 heteroatoms. The van der Waals surface area contributed by atoms with Crippen LogP contribution in [-0.4, -0.2) is 57.7 Å². The molecule has 2 aromatic heterocycles. The smallest absolute Gasteiger partial charge is 0.161 e. The van der Waals surface area contributed by atoms with Gasteiger partial charge in [0.15, 0.2) is 5.82 Å².